The third-order valence-corrected chi connectivity index (χ3v) is 4.91. The van der Waals surface area contributed by atoms with Gasteiger partial charge in [0.2, 0.25) is 0 Å². The van der Waals surface area contributed by atoms with E-state index in [0.717, 1.165) is 37.7 Å². The second-order valence-corrected chi connectivity index (χ2v) is 7.68. The van der Waals surface area contributed by atoms with Crippen LogP contribution < -0.4 is 0 Å². The van der Waals surface area contributed by atoms with Crippen LogP contribution in [0.3, 0.4) is 0 Å². The van der Waals surface area contributed by atoms with Gasteiger partial charge in [0.15, 0.2) is 17.3 Å². The van der Waals surface area contributed by atoms with E-state index in [0.29, 0.717) is 0 Å². The molecule has 2 unspecified atom stereocenters. The minimum atomic E-state index is -0.625. The van der Waals surface area contributed by atoms with Crippen molar-refractivity contribution in [3.8, 4) is 17.2 Å². The molecule has 27 heavy (non-hydrogen) atoms. The maximum Gasteiger partial charge on any atom is 0.163 e. The lowest BCUT2D eigenvalue weighted by Gasteiger charge is -2.41. The Hall–Kier alpha value is -2.24. The molecule has 0 spiro atoms. The van der Waals surface area contributed by atoms with Gasteiger partial charge in [-0.1, -0.05) is 18.2 Å². The largest absolute Gasteiger partial charge is 0.508 e. The van der Waals surface area contributed by atoms with Crippen molar-refractivity contribution in [3.63, 3.8) is 0 Å². The van der Waals surface area contributed by atoms with Crippen LogP contribution in [-0.2, 0) is 22.3 Å². The SMILES string of the molecule is CC1(C)OC(CCc2ccc(O)cc2)CC(CCc2ccc(O)c(O)c2)O1. The Balaban J connectivity index is 1.55. The second kappa shape index (κ2) is 8.19. The van der Waals surface area contributed by atoms with E-state index in [1.165, 1.54) is 11.6 Å². The highest BCUT2D eigenvalue weighted by molar-refractivity contribution is 5.40. The first-order valence-electron chi connectivity index (χ1n) is 9.45. The molecule has 0 saturated carbocycles. The number of phenols is 3. The van der Waals surface area contributed by atoms with Crippen LogP contribution >= 0.6 is 0 Å². The van der Waals surface area contributed by atoms with E-state index in [1.54, 1.807) is 18.2 Å². The molecule has 2 aromatic carbocycles. The molecule has 0 aromatic heterocycles. The van der Waals surface area contributed by atoms with Crippen molar-refractivity contribution in [2.75, 3.05) is 0 Å². The van der Waals surface area contributed by atoms with Gasteiger partial charge in [-0.15, -0.1) is 0 Å². The molecule has 1 aliphatic rings. The Morgan fingerprint density at radius 2 is 1.37 bits per heavy atom. The summed E-state index contributed by atoms with van der Waals surface area (Å²) < 4.78 is 12.2. The maximum absolute atomic E-state index is 9.64. The van der Waals surface area contributed by atoms with Gasteiger partial charge in [-0.2, -0.15) is 0 Å². The Morgan fingerprint density at radius 1 is 0.815 bits per heavy atom. The molecule has 3 rings (SSSR count). The van der Waals surface area contributed by atoms with Gasteiger partial charge in [-0.05, 0) is 74.9 Å². The molecule has 2 atom stereocenters. The van der Waals surface area contributed by atoms with E-state index >= 15 is 0 Å². The fourth-order valence-corrected chi connectivity index (χ4v) is 3.62. The lowest BCUT2D eigenvalue weighted by Crippen LogP contribution is -2.44. The summed E-state index contributed by atoms with van der Waals surface area (Å²) in [5, 5.41) is 28.5. The number of rotatable bonds is 6. The van der Waals surface area contributed by atoms with Crippen LogP contribution in [0.25, 0.3) is 0 Å². The Bertz CT molecular complexity index is 754. The highest BCUT2D eigenvalue weighted by atomic mass is 16.7. The molecule has 0 aliphatic carbocycles. The summed E-state index contributed by atoms with van der Waals surface area (Å²) in [5.41, 5.74) is 2.15. The third-order valence-electron chi connectivity index (χ3n) is 4.91. The molecule has 0 amide bonds. The fourth-order valence-electron chi connectivity index (χ4n) is 3.62. The van der Waals surface area contributed by atoms with Gasteiger partial charge in [-0.3, -0.25) is 0 Å². The van der Waals surface area contributed by atoms with Crippen molar-refractivity contribution < 1.29 is 24.8 Å². The minimum Gasteiger partial charge on any atom is -0.508 e. The topological polar surface area (TPSA) is 79.2 Å². The maximum atomic E-state index is 9.64. The summed E-state index contributed by atoms with van der Waals surface area (Å²) in [6.07, 6.45) is 4.39. The first-order chi connectivity index (χ1) is 12.8. The summed E-state index contributed by atoms with van der Waals surface area (Å²) in [6, 6.07) is 12.2. The summed E-state index contributed by atoms with van der Waals surface area (Å²) in [6.45, 7) is 3.89. The van der Waals surface area contributed by atoms with Gasteiger partial charge in [0, 0.05) is 6.42 Å². The number of ether oxygens (including phenoxy) is 2. The van der Waals surface area contributed by atoms with Crippen LogP contribution in [0.15, 0.2) is 42.5 Å². The average molecular weight is 372 g/mol. The summed E-state index contributed by atoms with van der Waals surface area (Å²) in [5.74, 6) is -0.536. The van der Waals surface area contributed by atoms with E-state index in [9.17, 15) is 15.3 Å². The van der Waals surface area contributed by atoms with Crippen LogP contribution in [0.1, 0.15) is 44.2 Å². The summed E-state index contributed by atoms with van der Waals surface area (Å²) >= 11 is 0. The molecular formula is C22H28O5. The molecular weight excluding hydrogens is 344 g/mol. The van der Waals surface area contributed by atoms with Gasteiger partial charge >= 0.3 is 0 Å². The quantitative estimate of drug-likeness (QED) is 0.660. The predicted octanol–water partition coefficient (Wildman–Crippen LogP) is 4.28. The molecule has 5 heteroatoms. The molecule has 5 nitrogen and oxygen atoms in total. The van der Waals surface area contributed by atoms with Crippen LogP contribution in [0.4, 0.5) is 0 Å². The number of phenolic OH excluding ortho intramolecular Hbond substituents is 3. The van der Waals surface area contributed by atoms with E-state index in [2.05, 4.69) is 0 Å². The number of hydrogen-bond donors (Lipinski definition) is 3. The molecule has 1 aliphatic heterocycles. The van der Waals surface area contributed by atoms with Gasteiger partial charge in [-0.25, -0.2) is 0 Å². The zero-order valence-electron chi connectivity index (χ0n) is 15.9. The van der Waals surface area contributed by atoms with Crippen molar-refractivity contribution in [2.24, 2.45) is 0 Å². The smallest absolute Gasteiger partial charge is 0.163 e. The third kappa shape index (κ3) is 5.62. The van der Waals surface area contributed by atoms with Gasteiger partial charge < -0.3 is 24.8 Å². The molecule has 0 bridgehead atoms. The second-order valence-electron chi connectivity index (χ2n) is 7.68. The lowest BCUT2D eigenvalue weighted by atomic mass is 9.97. The van der Waals surface area contributed by atoms with Gasteiger partial charge in [0.05, 0.1) is 12.2 Å². The number of aromatic hydroxyl groups is 3. The molecule has 146 valence electrons. The van der Waals surface area contributed by atoms with Crippen LogP contribution in [0.5, 0.6) is 17.2 Å². The minimum absolute atomic E-state index is 0.0783. The van der Waals surface area contributed by atoms with E-state index in [4.69, 9.17) is 9.47 Å². The standard InChI is InChI=1S/C22H28O5/c1-22(2)26-18(10-5-15-3-8-17(23)9-4-15)14-19(27-22)11-6-16-7-12-20(24)21(25)13-16/h3-4,7-9,12-13,18-19,23-25H,5-6,10-11,14H2,1-2H3. The highest BCUT2D eigenvalue weighted by Crippen LogP contribution is 2.32. The van der Waals surface area contributed by atoms with Crippen molar-refractivity contribution >= 4 is 0 Å². The highest BCUT2D eigenvalue weighted by Gasteiger charge is 2.34. The van der Waals surface area contributed by atoms with Gasteiger partial charge in [0.25, 0.3) is 0 Å². The first-order valence-corrected chi connectivity index (χ1v) is 9.45. The van der Waals surface area contributed by atoms with Gasteiger partial charge in [0.1, 0.15) is 5.75 Å². The molecule has 3 N–H and O–H groups in total. The van der Waals surface area contributed by atoms with Crippen molar-refractivity contribution in [2.45, 2.75) is 63.9 Å². The molecule has 2 aromatic rings. The van der Waals surface area contributed by atoms with E-state index in [1.807, 2.05) is 32.0 Å². The van der Waals surface area contributed by atoms with Crippen molar-refractivity contribution in [1.82, 2.24) is 0 Å². The Morgan fingerprint density at radius 3 is 1.96 bits per heavy atom. The van der Waals surface area contributed by atoms with Crippen LogP contribution in [-0.4, -0.2) is 33.3 Å². The molecule has 1 heterocycles. The van der Waals surface area contributed by atoms with E-state index in [-0.39, 0.29) is 29.5 Å². The number of hydrogen-bond acceptors (Lipinski definition) is 5. The first kappa shape index (κ1) is 19.5. The predicted molar refractivity (Wildman–Crippen MR) is 103 cm³/mol. The molecule has 0 radical (unpaired) electrons. The van der Waals surface area contributed by atoms with E-state index < -0.39 is 5.79 Å². The average Bonchev–Trinajstić information content (AvgIpc) is 2.61. The lowest BCUT2D eigenvalue weighted by molar-refractivity contribution is -0.301. The molecule has 1 saturated heterocycles. The number of aryl methyl sites for hydroxylation is 2. The summed E-state index contributed by atoms with van der Waals surface area (Å²) in [4.78, 5) is 0. The van der Waals surface area contributed by atoms with Crippen LogP contribution in [0.2, 0.25) is 0 Å². The Labute approximate surface area is 160 Å². The van der Waals surface area contributed by atoms with Crippen LogP contribution in [0, 0.1) is 0 Å². The van der Waals surface area contributed by atoms with Crippen molar-refractivity contribution in [3.05, 3.63) is 53.6 Å². The summed E-state index contributed by atoms with van der Waals surface area (Å²) in [7, 11) is 0. The fraction of sp³-hybridized carbons (Fsp3) is 0.455. The zero-order chi connectivity index (χ0) is 19.4. The Kier molecular flexibility index (Phi) is 5.92. The number of benzene rings is 2. The zero-order valence-corrected chi connectivity index (χ0v) is 15.9. The normalized spacial score (nSPS) is 21.9. The molecule has 1 fully saturated rings. The monoisotopic (exact) mass is 372 g/mol. The van der Waals surface area contributed by atoms with Crippen molar-refractivity contribution in [1.29, 1.82) is 0 Å².